The predicted octanol–water partition coefficient (Wildman–Crippen LogP) is 6.84. The van der Waals surface area contributed by atoms with Crippen molar-refractivity contribution in [2.75, 3.05) is 17.4 Å². The Labute approximate surface area is 259 Å². The lowest BCUT2D eigenvalue weighted by molar-refractivity contribution is -0.140. The molecule has 3 aromatic rings. The second kappa shape index (κ2) is 14.9. The Morgan fingerprint density at radius 1 is 0.905 bits per heavy atom. The van der Waals surface area contributed by atoms with E-state index in [-0.39, 0.29) is 17.3 Å². The summed E-state index contributed by atoms with van der Waals surface area (Å²) in [5.74, 6) is -0.834. The molecule has 1 atom stereocenters. The zero-order valence-corrected chi connectivity index (χ0v) is 27.1. The zero-order chi connectivity index (χ0) is 31.0. The van der Waals surface area contributed by atoms with E-state index in [4.69, 9.17) is 23.2 Å². The normalized spacial score (nSPS) is 12.1. The van der Waals surface area contributed by atoms with Gasteiger partial charge in [-0.3, -0.25) is 13.9 Å². The highest BCUT2D eigenvalue weighted by Gasteiger charge is 2.34. The Balaban J connectivity index is 2.10. The van der Waals surface area contributed by atoms with Gasteiger partial charge in [-0.1, -0.05) is 79.4 Å². The monoisotopic (exact) mass is 631 g/mol. The van der Waals surface area contributed by atoms with E-state index in [1.165, 1.54) is 17.0 Å². The van der Waals surface area contributed by atoms with Crippen molar-refractivity contribution < 1.29 is 18.0 Å². The highest BCUT2D eigenvalue weighted by atomic mass is 35.5. The van der Waals surface area contributed by atoms with Crippen LogP contribution in [0.5, 0.6) is 0 Å². The van der Waals surface area contributed by atoms with Crippen molar-refractivity contribution in [2.45, 2.75) is 71.4 Å². The third kappa shape index (κ3) is 8.27. The molecular weight excluding hydrogens is 593 g/mol. The lowest BCUT2D eigenvalue weighted by atomic mass is 10.1. The van der Waals surface area contributed by atoms with Gasteiger partial charge in [-0.2, -0.15) is 0 Å². The highest BCUT2D eigenvalue weighted by molar-refractivity contribution is 7.92. The fraction of sp³-hybridized carbons (Fsp3) is 0.375. The third-order valence-electron chi connectivity index (χ3n) is 7.09. The van der Waals surface area contributed by atoms with Crippen LogP contribution in [-0.4, -0.2) is 44.3 Å². The van der Waals surface area contributed by atoms with E-state index >= 15 is 0 Å². The number of carbonyl (C=O) groups is 2. The van der Waals surface area contributed by atoms with E-state index in [1.54, 1.807) is 43.3 Å². The van der Waals surface area contributed by atoms with Gasteiger partial charge in [0.15, 0.2) is 0 Å². The molecule has 2 amide bonds. The number of halogens is 2. The molecule has 0 radical (unpaired) electrons. The van der Waals surface area contributed by atoms with Crippen molar-refractivity contribution in [1.82, 2.24) is 10.2 Å². The molecule has 0 spiro atoms. The summed E-state index contributed by atoms with van der Waals surface area (Å²) in [6, 6.07) is 16.1. The summed E-state index contributed by atoms with van der Waals surface area (Å²) in [5.41, 5.74) is 3.44. The topological polar surface area (TPSA) is 86.8 Å². The highest BCUT2D eigenvalue weighted by Crippen LogP contribution is 2.29. The maximum absolute atomic E-state index is 14.2. The molecule has 0 saturated carbocycles. The maximum Gasteiger partial charge on any atom is 0.264 e. The number of amides is 2. The first-order chi connectivity index (χ1) is 19.9. The van der Waals surface area contributed by atoms with Gasteiger partial charge in [-0.15, -0.1) is 0 Å². The van der Waals surface area contributed by atoms with Crippen LogP contribution in [0.15, 0.2) is 65.6 Å². The first-order valence-corrected chi connectivity index (χ1v) is 16.3. The number of nitrogens with one attached hydrogen (secondary N) is 1. The van der Waals surface area contributed by atoms with E-state index in [0.29, 0.717) is 39.8 Å². The van der Waals surface area contributed by atoms with Crippen LogP contribution in [0.3, 0.4) is 0 Å². The first kappa shape index (κ1) is 33.4. The zero-order valence-electron chi connectivity index (χ0n) is 24.8. The Hall–Kier alpha value is -3.07. The van der Waals surface area contributed by atoms with Crippen LogP contribution in [0.25, 0.3) is 0 Å². The van der Waals surface area contributed by atoms with Gasteiger partial charge in [0.25, 0.3) is 10.0 Å². The van der Waals surface area contributed by atoms with Crippen molar-refractivity contribution in [1.29, 1.82) is 0 Å². The number of hydrogen-bond acceptors (Lipinski definition) is 4. The summed E-state index contributed by atoms with van der Waals surface area (Å²) in [4.78, 5) is 29.1. The van der Waals surface area contributed by atoms with Gasteiger partial charge in [0.2, 0.25) is 11.8 Å². The molecule has 0 aliphatic heterocycles. The molecule has 0 unspecified atom stereocenters. The number of aryl methyl sites for hydroxylation is 3. The molecule has 42 heavy (non-hydrogen) atoms. The van der Waals surface area contributed by atoms with Crippen molar-refractivity contribution >= 4 is 50.7 Å². The second-order valence-electron chi connectivity index (χ2n) is 10.4. The molecule has 0 aliphatic rings. The summed E-state index contributed by atoms with van der Waals surface area (Å²) in [5, 5.41) is 3.71. The minimum Gasteiger partial charge on any atom is -0.354 e. The lowest BCUT2D eigenvalue weighted by Gasteiger charge is -2.34. The third-order valence-corrected chi connectivity index (χ3v) is 9.45. The fourth-order valence-electron chi connectivity index (χ4n) is 4.60. The number of hydrogen-bond donors (Lipinski definition) is 1. The molecule has 0 saturated heterocycles. The van der Waals surface area contributed by atoms with E-state index in [1.807, 2.05) is 39.8 Å². The smallest absolute Gasteiger partial charge is 0.264 e. The number of anilines is 1. The van der Waals surface area contributed by atoms with Crippen molar-refractivity contribution in [3.8, 4) is 0 Å². The summed E-state index contributed by atoms with van der Waals surface area (Å²) in [6.45, 7) is 9.36. The molecule has 0 bridgehead atoms. The fourth-order valence-corrected chi connectivity index (χ4v) is 6.54. The van der Waals surface area contributed by atoms with Gasteiger partial charge >= 0.3 is 0 Å². The van der Waals surface area contributed by atoms with Crippen molar-refractivity contribution in [3.63, 3.8) is 0 Å². The number of rotatable bonds is 13. The number of benzene rings is 3. The number of nitrogens with zero attached hydrogens (tertiary/aromatic N) is 2. The SMILES string of the molecule is CCCCNC(=O)[C@H](CC)N(Cc1ccc(Cl)cc1Cl)C(=O)CN(c1cc(C)ccc1C)S(=O)(=O)c1ccc(C)cc1. The molecule has 0 heterocycles. The lowest BCUT2D eigenvalue weighted by Crippen LogP contribution is -2.52. The Bertz CT molecular complexity index is 1510. The molecule has 226 valence electrons. The van der Waals surface area contributed by atoms with Crippen LogP contribution in [0, 0.1) is 20.8 Å². The van der Waals surface area contributed by atoms with Crippen LogP contribution >= 0.6 is 23.2 Å². The maximum atomic E-state index is 14.2. The quantitative estimate of drug-likeness (QED) is 0.209. The average molecular weight is 633 g/mol. The summed E-state index contributed by atoms with van der Waals surface area (Å²) in [7, 11) is -4.15. The van der Waals surface area contributed by atoms with Crippen molar-refractivity contribution in [3.05, 3.63) is 93.0 Å². The Kier molecular flexibility index (Phi) is 11.9. The van der Waals surface area contributed by atoms with Crippen LogP contribution in [0.1, 0.15) is 55.4 Å². The molecule has 1 N–H and O–H groups in total. The van der Waals surface area contributed by atoms with Crippen LogP contribution < -0.4 is 9.62 Å². The van der Waals surface area contributed by atoms with Crippen LogP contribution in [0.2, 0.25) is 10.0 Å². The molecule has 0 aliphatic carbocycles. The molecular formula is C32H39Cl2N3O4S. The summed E-state index contributed by atoms with van der Waals surface area (Å²) >= 11 is 12.6. The van der Waals surface area contributed by atoms with Crippen LogP contribution in [0.4, 0.5) is 5.69 Å². The number of unbranched alkanes of at least 4 members (excludes halogenated alkanes) is 1. The minimum atomic E-state index is -4.15. The van der Waals surface area contributed by atoms with Crippen molar-refractivity contribution in [2.24, 2.45) is 0 Å². The molecule has 10 heteroatoms. The average Bonchev–Trinajstić information content (AvgIpc) is 2.94. The minimum absolute atomic E-state index is 0.000239. The van der Waals surface area contributed by atoms with E-state index in [0.717, 1.165) is 28.3 Å². The Morgan fingerprint density at radius 3 is 2.19 bits per heavy atom. The molecule has 0 aromatic heterocycles. The van der Waals surface area contributed by atoms with E-state index in [9.17, 15) is 18.0 Å². The van der Waals surface area contributed by atoms with Gasteiger partial charge in [0.05, 0.1) is 10.6 Å². The summed E-state index contributed by atoms with van der Waals surface area (Å²) in [6.07, 6.45) is 2.03. The molecule has 3 rings (SSSR count). The first-order valence-electron chi connectivity index (χ1n) is 14.1. The second-order valence-corrected chi connectivity index (χ2v) is 13.1. The van der Waals surface area contributed by atoms with Crippen LogP contribution in [-0.2, 0) is 26.2 Å². The van der Waals surface area contributed by atoms with E-state index < -0.39 is 28.5 Å². The molecule has 3 aromatic carbocycles. The standard InChI is InChI=1S/C32H39Cl2N3O4S/c1-6-8-17-35-32(39)29(7-2)36(20-25-13-14-26(33)19-28(25)34)31(38)21-37(30-18-23(4)9-12-24(30)5)42(40,41)27-15-10-22(3)11-16-27/h9-16,18-19,29H,6-8,17,20-21H2,1-5H3,(H,35,39)/t29-/m0/s1. The number of carbonyl (C=O) groups excluding carboxylic acids is 2. The largest absolute Gasteiger partial charge is 0.354 e. The van der Waals surface area contributed by atoms with Gasteiger partial charge < -0.3 is 10.2 Å². The van der Waals surface area contributed by atoms with Gasteiger partial charge in [-0.05, 0) is 80.6 Å². The van der Waals surface area contributed by atoms with E-state index in [2.05, 4.69) is 5.32 Å². The summed E-state index contributed by atoms with van der Waals surface area (Å²) < 4.78 is 29.3. The molecule has 7 nitrogen and oxygen atoms in total. The Morgan fingerprint density at radius 2 is 1.57 bits per heavy atom. The molecule has 0 fully saturated rings. The van der Waals surface area contributed by atoms with Gasteiger partial charge in [0.1, 0.15) is 12.6 Å². The van der Waals surface area contributed by atoms with Gasteiger partial charge in [0, 0.05) is 23.1 Å². The number of sulfonamides is 1. The van der Waals surface area contributed by atoms with Gasteiger partial charge in [-0.25, -0.2) is 8.42 Å². The predicted molar refractivity (Wildman–Crippen MR) is 171 cm³/mol.